The minimum atomic E-state index is -0.935. The number of fused-ring (bicyclic) bond motifs is 1. The van der Waals surface area contributed by atoms with E-state index in [0.717, 1.165) is 22.0 Å². The Kier molecular flexibility index (Phi) is 9.31. The second kappa shape index (κ2) is 12.9. The van der Waals surface area contributed by atoms with Crippen LogP contribution in [0.5, 0.6) is 0 Å². The number of carbonyl (C=O) groups excluding carboxylic acids is 4. The minimum Gasteiger partial charge on any atom is -0.467 e. The predicted molar refractivity (Wildman–Crippen MR) is 154 cm³/mol. The average Bonchev–Trinajstić information content (AvgIpc) is 3.52. The zero-order chi connectivity index (χ0) is 29.6. The zero-order valence-electron chi connectivity index (χ0n) is 23.9. The molecule has 10 nitrogen and oxygen atoms in total. The molecule has 2 aromatic carbocycles. The van der Waals surface area contributed by atoms with E-state index in [4.69, 9.17) is 9.47 Å². The third-order valence-electron chi connectivity index (χ3n) is 7.07. The number of aromatic nitrogens is 1. The highest BCUT2D eigenvalue weighted by molar-refractivity contribution is 5.89. The molecule has 1 saturated heterocycles. The Morgan fingerprint density at radius 2 is 1.76 bits per heavy atom. The Hall–Kier alpha value is -4.34. The number of esters is 1. The van der Waals surface area contributed by atoms with Gasteiger partial charge in [0.25, 0.3) is 0 Å². The van der Waals surface area contributed by atoms with Gasteiger partial charge in [0.15, 0.2) is 0 Å². The molecule has 3 aromatic rings. The van der Waals surface area contributed by atoms with Crippen LogP contribution in [0.4, 0.5) is 4.79 Å². The number of nitrogens with one attached hydrogen (secondary N) is 3. The van der Waals surface area contributed by atoms with Gasteiger partial charge >= 0.3 is 12.1 Å². The van der Waals surface area contributed by atoms with Crippen molar-refractivity contribution in [3.8, 4) is 0 Å². The Balaban J connectivity index is 1.50. The number of benzene rings is 2. The van der Waals surface area contributed by atoms with Crippen molar-refractivity contribution in [1.29, 1.82) is 0 Å². The van der Waals surface area contributed by atoms with Crippen LogP contribution in [0, 0.1) is 0 Å². The average molecular weight is 563 g/mol. The molecule has 1 aromatic heterocycles. The van der Waals surface area contributed by atoms with Gasteiger partial charge in [0, 0.05) is 42.9 Å². The summed E-state index contributed by atoms with van der Waals surface area (Å²) in [5.74, 6) is -1.10. The van der Waals surface area contributed by atoms with Crippen LogP contribution in [0.2, 0.25) is 0 Å². The van der Waals surface area contributed by atoms with Gasteiger partial charge in [0.2, 0.25) is 11.8 Å². The fourth-order valence-corrected chi connectivity index (χ4v) is 5.18. The van der Waals surface area contributed by atoms with Crippen molar-refractivity contribution in [3.63, 3.8) is 0 Å². The summed E-state index contributed by atoms with van der Waals surface area (Å²) in [6.07, 6.45) is 2.38. The predicted octanol–water partition coefficient (Wildman–Crippen LogP) is 3.50. The molecule has 0 saturated carbocycles. The molecule has 3 atom stereocenters. The number of H-pyrrole nitrogens is 1. The lowest BCUT2D eigenvalue weighted by Gasteiger charge is -2.32. The summed E-state index contributed by atoms with van der Waals surface area (Å²) in [6, 6.07) is 15.0. The number of hydrogen-bond donors (Lipinski definition) is 3. The van der Waals surface area contributed by atoms with Gasteiger partial charge in [-0.2, -0.15) is 0 Å². The number of ether oxygens (including phenoxy) is 2. The normalized spacial score (nSPS) is 16.7. The van der Waals surface area contributed by atoms with E-state index in [9.17, 15) is 19.2 Å². The molecule has 0 radical (unpaired) electrons. The second-order valence-electron chi connectivity index (χ2n) is 11.2. The summed E-state index contributed by atoms with van der Waals surface area (Å²) in [5, 5.41) is 6.58. The van der Waals surface area contributed by atoms with Crippen LogP contribution in [-0.4, -0.2) is 71.1 Å². The fraction of sp³-hybridized carbons (Fsp3) is 0.419. The number of likely N-dealkylation sites (tertiary alicyclic amines) is 1. The number of para-hydroxylation sites is 1. The van der Waals surface area contributed by atoms with Gasteiger partial charge in [-0.25, -0.2) is 9.59 Å². The van der Waals surface area contributed by atoms with Crippen molar-refractivity contribution >= 4 is 34.8 Å². The van der Waals surface area contributed by atoms with Crippen LogP contribution in [0.15, 0.2) is 60.8 Å². The fourth-order valence-electron chi connectivity index (χ4n) is 5.18. The topological polar surface area (TPSA) is 130 Å². The number of rotatable bonds is 10. The Morgan fingerprint density at radius 1 is 1.05 bits per heavy atom. The molecule has 1 aliphatic rings. The van der Waals surface area contributed by atoms with E-state index < -0.39 is 41.7 Å². The van der Waals surface area contributed by atoms with E-state index >= 15 is 0 Å². The number of aromatic amines is 1. The van der Waals surface area contributed by atoms with Crippen LogP contribution in [0.1, 0.15) is 44.7 Å². The van der Waals surface area contributed by atoms with Crippen LogP contribution >= 0.6 is 0 Å². The molecule has 0 aliphatic carbocycles. The van der Waals surface area contributed by atoms with Crippen molar-refractivity contribution in [2.45, 2.75) is 70.2 Å². The first kappa shape index (κ1) is 29.6. The highest BCUT2D eigenvalue weighted by Crippen LogP contribution is 2.25. The summed E-state index contributed by atoms with van der Waals surface area (Å²) in [4.78, 5) is 56.7. The van der Waals surface area contributed by atoms with Crippen molar-refractivity contribution in [2.24, 2.45) is 0 Å². The van der Waals surface area contributed by atoms with E-state index in [0.29, 0.717) is 12.8 Å². The third kappa shape index (κ3) is 7.65. The number of methoxy groups -OCH3 is 1. The van der Waals surface area contributed by atoms with E-state index in [-0.39, 0.29) is 25.3 Å². The molecule has 2 heterocycles. The largest absolute Gasteiger partial charge is 0.467 e. The molecule has 3 N–H and O–H groups in total. The summed E-state index contributed by atoms with van der Waals surface area (Å²) in [6.45, 7) is 5.37. The van der Waals surface area contributed by atoms with E-state index in [2.05, 4.69) is 15.6 Å². The first-order valence-electron chi connectivity index (χ1n) is 13.8. The maximum Gasteiger partial charge on any atom is 0.408 e. The Labute approximate surface area is 239 Å². The summed E-state index contributed by atoms with van der Waals surface area (Å²) < 4.78 is 10.5. The highest BCUT2D eigenvalue weighted by Gasteiger charge is 2.40. The lowest BCUT2D eigenvalue weighted by molar-refractivity contribution is -0.152. The summed E-state index contributed by atoms with van der Waals surface area (Å²) in [5.41, 5.74) is 1.94. The van der Waals surface area contributed by atoms with Gasteiger partial charge in [-0.1, -0.05) is 48.5 Å². The van der Waals surface area contributed by atoms with Crippen LogP contribution < -0.4 is 10.6 Å². The number of nitrogens with zero attached hydrogens (tertiary/aromatic N) is 1. The molecule has 218 valence electrons. The Morgan fingerprint density at radius 3 is 2.46 bits per heavy atom. The molecule has 41 heavy (non-hydrogen) atoms. The quantitative estimate of drug-likeness (QED) is 0.325. The van der Waals surface area contributed by atoms with Gasteiger partial charge in [-0.3, -0.25) is 9.59 Å². The molecule has 0 spiro atoms. The second-order valence-corrected chi connectivity index (χ2v) is 11.2. The van der Waals surface area contributed by atoms with Crippen LogP contribution in [0.3, 0.4) is 0 Å². The van der Waals surface area contributed by atoms with Gasteiger partial charge in [-0.15, -0.1) is 0 Å². The number of alkyl carbamates (subject to hydrolysis) is 1. The van der Waals surface area contributed by atoms with Gasteiger partial charge in [0.1, 0.15) is 17.7 Å². The Bertz CT molecular complexity index is 1380. The van der Waals surface area contributed by atoms with Crippen LogP contribution in [0.25, 0.3) is 10.9 Å². The zero-order valence-corrected chi connectivity index (χ0v) is 23.9. The number of carbonyl (C=O) groups is 4. The van der Waals surface area contributed by atoms with Crippen LogP contribution in [-0.2, 0) is 36.7 Å². The molecule has 1 fully saturated rings. The van der Waals surface area contributed by atoms with Gasteiger partial charge < -0.3 is 30.0 Å². The lowest BCUT2D eigenvalue weighted by atomic mass is 10.0. The molecular formula is C31H38N4O6. The molecule has 4 rings (SSSR count). The van der Waals surface area contributed by atoms with Crippen molar-refractivity contribution in [1.82, 2.24) is 20.5 Å². The smallest absolute Gasteiger partial charge is 0.408 e. The first-order chi connectivity index (χ1) is 19.6. The lowest BCUT2D eigenvalue weighted by Crippen LogP contribution is -2.54. The first-order valence-corrected chi connectivity index (χ1v) is 13.8. The van der Waals surface area contributed by atoms with Crippen molar-refractivity contribution in [2.75, 3.05) is 13.7 Å². The van der Waals surface area contributed by atoms with Crippen molar-refractivity contribution < 1.29 is 28.7 Å². The van der Waals surface area contributed by atoms with E-state index in [1.807, 2.05) is 60.8 Å². The molecule has 0 unspecified atom stereocenters. The van der Waals surface area contributed by atoms with E-state index in [1.54, 1.807) is 20.8 Å². The van der Waals surface area contributed by atoms with Crippen molar-refractivity contribution in [3.05, 3.63) is 71.9 Å². The van der Waals surface area contributed by atoms with Gasteiger partial charge in [-0.05, 0) is 44.4 Å². The number of hydrogen-bond acceptors (Lipinski definition) is 6. The SMILES string of the molecule is COC(=O)[C@H](Cc1ccccc1)N1C(=O)CC[C@@H]1CNC(=O)[C@H](Cc1c[nH]c2ccccc12)NC(=O)OC(C)(C)C. The minimum absolute atomic E-state index is 0.118. The number of amides is 3. The van der Waals surface area contributed by atoms with E-state index in [1.165, 1.54) is 12.0 Å². The monoisotopic (exact) mass is 562 g/mol. The maximum absolute atomic E-state index is 13.5. The molecule has 3 amide bonds. The molecule has 1 aliphatic heterocycles. The summed E-state index contributed by atoms with van der Waals surface area (Å²) >= 11 is 0. The maximum atomic E-state index is 13.5. The molecule has 0 bridgehead atoms. The van der Waals surface area contributed by atoms with Gasteiger partial charge in [0.05, 0.1) is 13.2 Å². The molecular weight excluding hydrogens is 524 g/mol. The molecule has 10 heteroatoms. The third-order valence-corrected chi connectivity index (χ3v) is 7.07. The highest BCUT2D eigenvalue weighted by atomic mass is 16.6. The standard InChI is InChI=1S/C31H38N4O6/c1-31(2,3)41-30(39)34-25(17-21-18-32-24-13-9-8-12-23(21)24)28(37)33-19-22-14-15-27(36)35(22)26(29(38)40-4)16-20-10-6-5-7-11-20/h5-13,18,22,25-26,32H,14-17,19H2,1-4H3,(H,33,37)(H,34,39)/t22-,25+,26+/m1/s1. The summed E-state index contributed by atoms with van der Waals surface area (Å²) in [7, 11) is 1.30.